The summed E-state index contributed by atoms with van der Waals surface area (Å²) in [6, 6.07) is 0. The van der Waals surface area contributed by atoms with Gasteiger partial charge in [-0.1, -0.05) is 0 Å². The predicted molar refractivity (Wildman–Crippen MR) is 99.8 cm³/mol. The zero-order chi connectivity index (χ0) is 17.8. The fourth-order valence-corrected chi connectivity index (χ4v) is 3.37. The molecular weight excluding hydrogens is 314 g/mol. The molecule has 136 valence electrons. The topological polar surface area (TPSA) is 72.1 Å². The average Bonchev–Trinajstić information content (AvgIpc) is 3.12. The first-order valence-corrected chi connectivity index (χ1v) is 9.07. The van der Waals surface area contributed by atoms with Gasteiger partial charge in [0.1, 0.15) is 5.82 Å². The van der Waals surface area contributed by atoms with Gasteiger partial charge in [-0.3, -0.25) is 9.67 Å². The first-order chi connectivity index (χ1) is 12.1. The van der Waals surface area contributed by atoms with Crippen molar-refractivity contribution < 1.29 is 0 Å². The minimum absolute atomic E-state index is 0.726. The molecule has 0 spiro atoms. The highest BCUT2D eigenvalue weighted by molar-refractivity contribution is 5.79. The Morgan fingerprint density at radius 1 is 1.28 bits per heavy atom. The lowest BCUT2D eigenvalue weighted by Gasteiger charge is -2.12. The number of aryl methyl sites for hydroxylation is 4. The van der Waals surface area contributed by atoms with Crippen molar-refractivity contribution in [2.24, 2.45) is 12.0 Å². The van der Waals surface area contributed by atoms with Gasteiger partial charge in [0, 0.05) is 64.0 Å². The molecule has 2 aromatic heterocycles. The van der Waals surface area contributed by atoms with Crippen LogP contribution < -0.4 is 10.6 Å². The molecule has 0 aliphatic carbocycles. The molecule has 1 aliphatic heterocycles. The number of aliphatic imine (C=N–C) groups is 1. The summed E-state index contributed by atoms with van der Waals surface area (Å²) in [5.41, 5.74) is 4.64. The number of rotatable bonds is 5. The normalized spacial score (nSPS) is 14.5. The van der Waals surface area contributed by atoms with Gasteiger partial charge in [0.2, 0.25) is 0 Å². The lowest BCUT2D eigenvalue weighted by Crippen LogP contribution is -2.38. The van der Waals surface area contributed by atoms with Crippen molar-refractivity contribution in [1.29, 1.82) is 0 Å². The van der Waals surface area contributed by atoms with Gasteiger partial charge in [0.05, 0.1) is 11.4 Å². The van der Waals surface area contributed by atoms with E-state index in [2.05, 4.69) is 38.4 Å². The number of nitrogens with one attached hydrogen (secondary N) is 2. The van der Waals surface area contributed by atoms with E-state index in [0.29, 0.717) is 0 Å². The second kappa shape index (κ2) is 7.72. The van der Waals surface area contributed by atoms with Gasteiger partial charge in [-0.2, -0.15) is 5.10 Å². The van der Waals surface area contributed by atoms with Crippen molar-refractivity contribution >= 4 is 5.96 Å². The average molecular weight is 343 g/mol. The maximum atomic E-state index is 4.74. The van der Waals surface area contributed by atoms with Gasteiger partial charge in [-0.25, -0.2) is 4.98 Å². The van der Waals surface area contributed by atoms with Gasteiger partial charge in [-0.05, 0) is 26.7 Å². The maximum Gasteiger partial charge on any atom is 0.191 e. The number of nitrogens with zero attached hydrogens (tertiary/aromatic N) is 5. The van der Waals surface area contributed by atoms with Crippen LogP contribution in [-0.4, -0.2) is 38.9 Å². The fraction of sp³-hybridized carbons (Fsp3) is 0.611. The Morgan fingerprint density at radius 3 is 2.80 bits per heavy atom. The highest BCUT2D eigenvalue weighted by Crippen LogP contribution is 2.14. The third-order valence-corrected chi connectivity index (χ3v) is 4.95. The molecular formula is C18H29N7. The molecule has 3 rings (SSSR count). The van der Waals surface area contributed by atoms with Crippen LogP contribution in [0, 0.1) is 13.8 Å². The van der Waals surface area contributed by atoms with Crippen molar-refractivity contribution in [2.75, 3.05) is 13.6 Å². The molecule has 1 aliphatic rings. The SMILES string of the molecule is CN=C(NCCc1cn2c(n1)CCCC2)NCc1c(C)nn(C)c1C. The minimum Gasteiger partial charge on any atom is -0.356 e. The number of hydrogen-bond acceptors (Lipinski definition) is 3. The lowest BCUT2D eigenvalue weighted by atomic mass is 10.2. The van der Waals surface area contributed by atoms with E-state index in [4.69, 9.17) is 4.98 Å². The van der Waals surface area contributed by atoms with Gasteiger partial charge in [0.25, 0.3) is 0 Å². The maximum absolute atomic E-state index is 4.74. The van der Waals surface area contributed by atoms with Crippen LogP contribution >= 0.6 is 0 Å². The van der Waals surface area contributed by atoms with Gasteiger partial charge in [0.15, 0.2) is 5.96 Å². The van der Waals surface area contributed by atoms with Crippen LogP contribution in [0.5, 0.6) is 0 Å². The number of imidazole rings is 1. The van der Waals surface area contributed by atoms with Crippen LogP contribution in [0.1, 0.15) is 41.3 Å². The van der Waals surface area contributed by atoms with Crippen molar-refractivity contribution in [1.82, 2.24) is 30.0 Å². The van der Waals surface area contributed by atoms with Crippen LogP contribution in [-0.2, 0) is 33.0 Å². The standard InChI is InChI=1S/C18H29N7/c1-13-16(14(2)24(4)23-13)11-21-18(19-3)20-9-8-15-12-25-10-6-5-7-17(25)22-15/h12H,5-11H2,1-4H3,(H2,19,20,21). The zero-order valence-corrected chi connectivity index (χ0v) is 15.8. The first-order valence-electron chi connectivity index (χ1n) is 9.07. The molecule has 3 heterocycles. The van der Waals surface area contributed by atoms with Crippen molar-refractivity contribution in [2.45, 2.75) is 52.6 Å². The Morgan fingerprint density at radius 2 is 2.12 bits per heavy atom. The highest BCUT2D eigenvalue weighted by atomic mass is 15.3. The summed E-state index contributed by atoms with van der Waals surface area (Å²) >= 11 is 0. The molecule has 0 saturated heterocycles. The molecule has 2 N–H and O–H groups in total. The Balaban J connectivity index is 1.48. The van der Waals surface area contributed by atoms with E-state index in [-0.39, 0.29) is 0 Å². The molecule has 2 aromatic rings. The molecule has 0 saturated carbocycles. The summed E-state index contributed by atoms with van der Waals surface area (Å²) in [7, 11) is 3.77. The van der Waals surface area contributed by atoms with E-state index in [0.717, 1.165) is 44.1 Å². The number of fused-ring (bicyclic) bond motifs is 1. The number of hydrogen-bond donors (Lipinski definition) is 2. The molecule has 7 nitrogen and oxygen atoms in total. The summed E-state index contributed by atoms with van der Waals surface area (Å²) in [6.07, 6.45) is 6.75. The van der Waals surface area contributed by atoms with E-state index < -0.39 is 0 Å². The lowest BCUT2D eigenvalue weighted by molar-refractivity contribution is 0.522. The summed E-state index contributed by atoms with van der Waals surface area (Å²) in [6.45, 7) is 6.79. The van der Waals surface area contributed by atoms with E-state index in [1.807, 2.05) is 18.7 Å². The van der Waals surface area contributed by atoms with Crippen molar-refractivity contribution in [3.05, 3.63) is 34.7 Å². The largest absolute Gasteiger partial charge is 0.356 e. The molecule has 0 aromatic carbocycles. The quantitative estimate of drug-likeness (QED) is 0.637. The molecule has 7 heteroatoms. The summed E-state index contributed by atoms with van der Waals surface area (Å²) in [5.74, 6) is 2.05. The van der Waals surface area contributed by atoms with E-state index in [1.165, 1.54) is 35.6 Å². The second-order valence-electron chi connectivity index (χ2n) is 6.67. The number of guanidine groups is 1. The zero-order valence-electron chi connectivity index (χ0n) is 15.8. The highest BCUT2D eigenvalue weighted by Gasteiger charge is 2.12. The molecule has 0 amide bonds. The van der Waals surface area contributed by atoms with Crippen molar-refractivity contribution in [3.8, 4) is 0 Å². The van der Waals surface area contributed by atoms with Gasteiger partial charge in [-0.15, -0.1) is 0 Å². The third-order valence-electron chi connectivity index (χ3n) is 4.95. The molecule has 25 heavy (non-hydrogen) atoms. The minimum atomic E-state index is 0.726. The van der Waals surface area contributed by atoms with Gasteiger partial charge < -0.3 is 15.2 Å². The van der Waals surface area contributed by atoms with Crippen molar-refractivity contribution in [3.63, 3.8) is 0 Å². The van der Waals surface area contributed by atoms with E-state index in [9.17, 15) is 0 Å². The van der Waals surface area contributed by atoms with Crippen LogP contribution in [0.2, 0.25) is 0 Å². The summed E-state index contributed by atoms with van der Waals surface area (Å²) in [5, 5.41) is 11.2. The first kappa shape index (κ1) is 17.5. The molecule has 0 radical (unpaired) electrons. The Labute approximate surface area is 149 Å². The smallest absolute Gasteiger partial charge is 0.191 e. The van der Waals surface area contributed by atoms with Crippen LogP contribution in [0.25, 0.3) is 0 Å². The van der Waals surface area contributed by atoms with Crippen LogP contribution in [0.4, 0.5) is 0 Å². The van der Waals surface area contributed by atoms with Crippen LogP contribution in [0.15, 0.2) is 11.2 Å². The second-order valence-corrected chi connectivity index (χ2v) is 6.67. The molecule has 0 fully saturated rings. The Kier molecular flexibility index (Phi) is 5.40. The van der Waals surface area contributed by atoms with Gasteiger partial charge >= 0.3 is 0 Å². The summed E-state index contributed by atoms with van der Waals surface area (Å²) in [4.78, 5) is 9.05. The van der Waals surface area contributed by atoms with E-state index in [1.54, 1.807) is 7.05 Å². The number of aromatic nitrogens is 4. The fourth-order valence-electron chi connectivity index (χ4n) is 3.37. The van der Waals surface area contributed by atoms with E-state index >= 15 is 0 Å². The van der Waals surface area contributed by atoms with Crippen LogP contribution in [0.3, 0.4) is 0 Å². The molecule has 0 atom stereocenters. The Hall–Kier alpha value is -2.31. The Bertz CT molecular complexity index is 730. The molecule has 0 unspecified atom stereocenters. The molecule has 0 bridgehead atoms. The third kappa shape index (κ3) is 4.03. The monoisotopic (exact) mass is 343 g/mol. The summed E-state index contributed by atoms with van der Waals surface area (Å²) < 4.78 is 4.23. The predicted octanol–water partition coefficient (Wildman–Crippen LogP) is 1.48.